The van der Waals surface area contributed by atoms with Crippen molar-refractivity contribution in [2.75, 3.05) is 5.32 Å². The van der Waals surface area contributed by atoms with Crippen LogP contribution in [0.4, 0.5) is 5.69 Å². The number of anilines is 1. The maximum absolute atomic E-state index is 11.8. The van der Waals surface area contributed by atoms with Crippen LogP contribution in [0.2, 0.25) is 4.47 Å². The molecular formula is C11H6ClN3OS2. The first-order valence-corrected chi connectivity index (χ1v) is 7.07. The molecule has 7 heteroatoms. The number of carbonyl (C=O) groups excluding carboxylic acids is 1. The van der Waals surface area contributed by atoms with E-state index in [0.717, 1.165) is 22.4 Å². The molecule has 1 N–H and O–H groups in total. The number of rotatable bonds is 2. The molecule has 1 amide bonds. The molecule has 0 spiro atoms. The Kier molecular flexibility index (Phi) is 2.99. The zero-order chi connectivity index (χ0) is 12.5. The van der Waals surface area contributed by atoms with Gasteiger partial charge in [0.05, 0.1) is 0 Å². The van der Waals surface area contributed by atoms with E-state index in [-0.39, 0.29) is 15.4 Å². The number of fused-ring (bicyclic) bond motifs is 1. The first kappa shape index (κ1) is 11.6. The summed E-state index contributed by atoms with van der Waals surface area (Å²) in [6.45, 7) is 0. The zero-order valence-electron chi connectivity index (χ0n) is 8.88. The van der Waals surface area contributed by atoms with Gasteiger partial charge >= 0.3 is 0 Å². The number of carbonyl (C=O) groups is 1. The summed E-state index contributed by atoms with van der Waals surface area (Å²) in [4.78, 5) is 11.8. The lowest BCUT2D eigenvalue weighted by molar-refractivity contribution is 0.102. The summed E-state index contributed by atoms with van der Waals surface area (Å²) in [5.74, 6) is -0.297. The fourth-order valence-electron chi connectivity index (χ4n) is 1.53. The lowest BCUT2D eigenvalue weighted by atomic mass is 10.2. The van der Waals surface area contributed by atoms with Crippen LogP contribution in [0.5, 0.6) is 0 Å². The summed E-state index contributed by atoms with van der Waals surface area (Å²) < 4.78 is 1.44. The van der Waals surface area contributed by atoms with Gasteiger partial charge in [0.25, 0.3) is 5.91 Å². The molecule has 18 heavy (non-hydrogen) atoms. The Morgan fingerprint density at radius 3 is 2.94 bits per heavy atom. The van der Waals surface area contributed by atoms with Gasteiger partial charge in [-0.1, -0.05) is 11.3 Å². The summed E-state index contributed by atoms with van der Waals surface area (Å²) in [7, 11) is 0. The van der Waals surface area contributed by atoms with E-state index in [2.05, 4.69) is 15.5 Å². The molecule has 0 radical (unpaired) electrons. The van der Waals surface area contributed by atoms with Gasteiger partial charge in [0.15, 0.2) is 0 Å². The predicted molar refractivity (Wildman–Crippen MR) is 74.7 cm³/mol. The molecule has 0 bridgehead atoms. The quantitative estimate of drug-likeness (QED) is 0.785. The van der Waals surface area contributed by atoms with E-state index >= 15 is 0 Å². The van der Waals surface area contributed by atoms with Crippen molar-refractivity contribution in [2.45, 2.75) is 0 Å². The topological polar surface area (TPSA) is 54.9 Å². The van der Waals surface area contributed by atoms with Crippen LogP contribution in [0.15, 0.2) is 29.6 Å². The number of amides is 1. The first-order chi connectivity index (χ1) is 8.72. The highest BCUT2D eigenvalue weighted by atomic mass is 35.5. The smallest absolute Gasteiger partial charge is 0.286 e. The van der Waals surface area contributed by atoms with Gasteiger partial charge in [0, 0.05) is 10.4 Å². The molecule has 0 aliphatic carbocycles. The number of thiophene rings is 1. The van der Waals surface area contributed by atoms with Gasteiger partial charge < -0.3 is 5.32 Å². The second-order valence-electron chi connectivity index (χ2n) is 3.49. The third-order valence-corrected chi connectivity index (χ3v) is 4.22. The summed E-state index contributed by atoms with van der Waals surface area (Å²) in [5, 5.41) is 13.4. The number of hydrogen-bond donors (Lipinski definition) is 1. The first-order valence-electron chi connectivity index (χ1n) is 5.00. The van der Waals surface area contributed by atoms with Crippen molar-refractivity contribution in [2.24, 2.45) is 0 Å². The summed E-state index contributed by atoms with van der Waals surface area (Å²) >= 11 is 8.35. The van der Waals surface area contributed by atoms with Gasteiger partial charge in [-0.3, -0.25) is 4.79 Å². The molecule has 0 atom stereocenters. The summed E-state index contributed by atoms with van der Waals surface area (Å²) in [6, 6.07) is 7.77. The minimum absolute atomic E-state index is 0.255. The van der Waals surface area contributed by atoms with Crippen molar-refractivity contribution in [3.05, 3.63) is 39.1 Å². The Balaban J connectivity index is 1.85. The lowest BCUT2D eigenvalue weighted by Crippen LogP contribution is -2.11. The van der Waals surface area contributed by atoms with Crippen molar-refractivity contribution in [3.8, 4) is 0 Å². The average molecular weight is 296 g/mol. The zero-order valence-corrected chi connectivity index (χ0v) is 11.3. The Morgan fingerprint density at radius 1 is 1.28 bits per heavy atom. The number of halogens is 1. The minimum Gasteiger partial charge on any atom is -0.320 e. The second kappa shape index (κ2) is 4.64. The normalized spacial score (nSPS) is 10.7. The van der Waals surface area contributed by atoms with E-state index in [4.69, 9.17) is 11.6 Å². The molecule has 2 heterocycles. The maximum Gasteiger partial charge on any atom is 0.286 e. The molecule has 0 unspecified atom stereocenters. The molecular weight excluding hydrogens is 290 g/mol. The molecule has 90 valence electrons. The van der Waals surface area contributed by atoms with Crippen LogP contribution in [0.25, 0.3) is 10.1 Å². The third kappa shape index (κ3) is 2.22. The van der Waals surface area contributed by atoms with E-state index in [1.165, 1.54) is 4.70 Å². The molecule has 3 rings (SSSR count). The second-order valence-corrected chi connectivity index (χ2v) is 5.99. The van der Waals surface area contributed by atoms with E-state index in [1.54, 1.807) is 11.3 Å². The molecule has 4 nitrogen and oxygen atoms in total. The lowest BCUT2D eigenvalue weighted by Gasteiger charge is -2.02. The molecule has 2 aromatic heterocycles. The number of benzene rings is 1. The van der Waals surface area contributed by atoms with Gasteiger partial charge in [-0.2, -0.15) is 0 Å². The number of nitrogens with zero attached hydrogens (tertiary/aromatic N) is 2. The van der Waals surface area contributed by atoms with Gasteiger partial charge in [-0.05, 0) is 46.6 Å². The highest BCUT2D eigenvalue weighted by molar-refractivity contribution is 7.17. The van der Waals surface area contributed by atoms with Crippen molar-refractivity contribution in [1.82, 2.24) is 10.2 Å². The fourth-order valence-corrected chi connectivity index (χ4v) is 3.02. The minimum atomic E-state index is -0.297. The van der Waals surface area contributed by atoms with Crippen molar-refractivity contribution in [1.29, 1.82) is 0 Å². The third-order valence-electron chi connectivity index (χ3n) is 2.30. The van der Waals surface area contributed by atoms with Crippen LogP contribution < -0.4 is 5.32 Å². The van der Waals surface area contributed by atoms with Crippen molar-refractivity contribution >= 4 is 56.0 Å². The largest absolute Gasteiger partial charge is 0.320 e. The Morgan fingerprint density at radius 2 is 2.17 bits per heavy atom. The summed E-state index contributed by atoms with van der Waals surface area (Å²) in [6.07, 6.45) is 0. The van der Waals surface area contributed by atoms with Gasteiger partial charge in [0.2, 0.25) is 9.47 Å². The van der Waals surface area contributed by atoms with E-state index in [9.17, 15) is 4.79 Å². The SMILES string of the molecule is O=C(Nc1ccc2sccc2c1)c1nnc(Cl)s1. The Labute approximate surface area is 115 Å². The molecule has 0 aliphatic rings. The number of nitrogens with one attached hydrogen (secondary N) is 1. The van der Waals surface area contributed by atoms with Crippen LogP contribution in [-0.2, 0) is 0 Å². The Hall–Kier alpha value is -1.50. The monoisotopic (exact) mass is 295 g/mol. The number of aromatic nitrogens is 2. The predicted octanol–water partition coefficient (Wildman–Crippen LogP) is 3.66. The van der Waals surface area contributed by atoms with E-state index < -0.39 is 0 Å². The molecule has 0 saturated heterocycles. The van der Waals surface area contributed by atoms with E-state index in [1.807, 2.05) is 29.6 Å². The highest BCUT2D eigenvalue weighted by Gasteiger charge is 2.12. The van der Waals surface area contributed by atoms with Gasteiger partial charge in [-0.25, -0.2) is 0 Å². The van der Waals surface area contributed by atoms with Gasteiger partial charge in [0.1, 0.15) is 0 Å². The summed E-state index contributed by atoms with van der Waals surface area (Å²) in [5.41, 5.74) is 0.734. The van der Waals surface area contributed by atoms with Crippen LogP contribution in [0.1, 0.15) is 9.80 Å². The fraction of sp³-hybridized carbons (Fsp3) is 0. The molecule has 0 aliphatic heterocycles. The van der Waals surface area contributed by atoms with Crippen LogP contribution >= 0.6 is 34.3 Å². The average Bonchev–Trinajstić information content (AvgIpc) is 2.96. The highest BCUT2D eigenvalue weighted by Crippen LogP contribution is 2.24. The number of hydrogen-bond acceptors (Lipinski definition) is 5. The van der Waals surface area contributed by atoms with Crippen LogP contribution in [0.3, 0.4) is 0 Å². The molecule has 3 aromatic rings. The van der Waals surface area contributed by atoms with Crippen LogP contribution in [-0.4, -0.2) is 16.1 Å². The maximum atomic E-state index is 11.8. The van der Waals surface area contributed by atoms with E-state index in [0.29, 0.717) is 0 Å². The molecule has 0 fully saturated rings. The van der Waals surface area contributed by atoms with Gasteiger partial charge in [-0.15, -0.1) is 21.5 Å². The molecule has 1 aromatic carbocycles. The molecule has 0 saturated carbocycles. The Bertz CT molecular complexity index is 722. The van der Waals surface area contributed by atoms with Crippen LogP contribution in [0, 0.1) is 0 Å². The standard InChI is InChI=1S/C11H6ClN3OS2/c12-11-15-14-10(18-11)9(16)13-7-1-2-8-6(5-7)3-4-17-8/h1-5H,(H,13,16). The van der Waals surface area contributed by atoms with Crippen molar-refractivity contribution in [3.63, 3.8) is 0 Å². The van der Waals surface area contributed by atoms with Crippen molar-refractivity contribution < 1.29 is 4.79 Å².